The lowest BCUT2D eigenvalue weighted by atomic mass is 10.0. The molecule has 0 amide bonds. The second-order valence-electron chi connectivity index (χ2n) is 5.11. The van der Waals surface area contributed by atoms with Crippen LogP contribution < -0.4 is 0 Å². The van der Waals surface area contributed by atoms with Crippen LogP contribution >= 0.6 is 15.9 Å². The molecule has 0 aliphatic heterocycles. The van der Waals surface area contributed by atoms with Crippen LogP contribution in [0.15, 0.2) is 40.9 Å². The van der Waals surface area contributed by atoms with Crippen molar-refractivity contribution in [2.45, 2.75) is 25.7 Å². The van der Waals surface area contributed by atoms with Crippen LogP contribution in [0.25, 0.3) is 10.8 Å². The molecule has 1 fully saturated rings. The van der Waals surface area contributed by atoms with Crippen LogP contribution in [0, 0.1) is 5.92 Å². The van der Waals surface area contributed by atoms with E-state index in [2.05, 4.69) is 28.1 Å². The van der Waals surface area contributed by atoms with Crippen molar-refractivity contribution in [1.29, 1.82) is 0 Å². The predicted molar refractivity (Wildman–Crippen MR) is 77.9 cm³/mol. The van der Waals surface area contributed by atoms with Gasteiger partial charge in [-0.15, -0.1) is 0 Å². The number of fused-ring (bicyclic) bond motifs is 1. The number of benzene rings is 2. The highest BCUT2D eigenvalue weighted by Gasteiger charge is 2.22. The fourth-order valence-electron chi connectivity index (χ4n) is 2.28. The van der Waals surface area contributed by atoms with Crippen molar-refractivity contribution in [3.63, 3.8) is 0 Å². The molecule has 2 heteroatoms. The zero-order chi connectivity index (χ0) is 12.5. The van der Waals surface area contributed by atoms with Gasteiger partial charge in [0, 0.05) is 16.5 Å². The topological polar surface area (TPSA) is 17.1 Å². The van der Waals surface area contributed by atoms with Gasteiger partial charge in [-0.25, -0.2) is 0 Å². The number of rotatable bonds is 4. The second kappa shape index (κ2) is 4.85. The van der Waals surface area contributed by atoms with E-state index in [1.54, 1.807) is 0 Å². The van der Waals surface area contributed by atoms with Crippen molar-refractivity contribution in [3.8, 4) is 0 Å². The first-order valence-corrected chi connectivity index (χ1v) is 7.24. The summed E-state index contributed by atoms with van der Waals surface area (Å²) in [6.07, 6.45) is 4.40. The Kier molecular flexibility index (Phi) is 3.21. The molecule has 92 valence electrons. The van der Waals surface area contributed by atoms with E-state index in [0.717, 1.165) is 27.8 Å². The van der Waals surface area contributed by atoms with E-state index in [4.69, 9.17) is 0 Å². The summed E-state index contributed by atoms with van der Waals surface area (Å²) < 4.78 is 1.07. The van der Waals surface area contributed by atoms with Gasteiger partial charge in [0.15, 0.2) is 5.78 Å². The van der Waals surface area contributed by atoms with E-state index in [1.807, 2.05) is 24.3 Å². The zero-order valence-corrected chi connectivity index (χ0v) is 11.7. The van der Waals surface area contributed by atoms with Gasteiger partial charge in [0.05, 0.1) is 0 Å². The lowest BCUT2D eigenvalue weighted by Crippen LogP contribution is -1.99. The molecule has 0 aromatic heterocycles. The summed E-state index contributed by atoms with van der Waals surface area (Å²) in [4.78, 5) is 12.1. The normalized spacial score (nSPS) is 14.9. The number of hydrogen-bond donors (Lipinski definition) is 0. The Labute approximate surface area is 115 Å². The number of ketones is 1. The first kappa shape index (κ1) is 11.9. The second-order valence-corrected chi connectivity index (χ2v) is 6.03. The standard InChI is InChI=1S/C16H15BrO/c17-15-7-6-12-9-14(5-4-13(12)10-15)16(18)8-3-11-1-2-11/h4-7,9-11H,1-3,8H2. The van der Waals surface area contributed by atoms with Gasteiger partial charge < -0.3 is 0 Å². The maximum Gasteiger partial charge on any atom is 0.162 e. The van der Waals surface area contributed by atoms with Crippen molar-refractivity contribution in [3.05, 3.63) is 46.4 Å². The smallest absolute Gasteiger partial charge is 0.162 e. The van der Waals surface area contributed by atoms with Crippen LogP contribution in [-0.2, 0) is 0 Å². The molecule has 0 heterocycles. The van der Waals surface area contributed by atoms with E-state index in [0.29, 0.717) is 6.42 Å². The highest BCUT2D eigenvalue weighted by molar-refractivity contribution is 9.10. The molecule has 1 aliphatic carbocycles. The molecule has 0 atom stereocenters. The van der Waals surface area contributed by atoms with Gasteiger partial charge in [0.2, 0.25) is 0 Å². The monoisotopic (exact) mass is 302 g/mol. The Balaban J connectivity index is 1.82. The van der Waals surface area contributed by atoms with E-state index in [1.165, 1.54) is 18.2 Å². The maximum absolute atomic E-state index is 12.1. The first-order chi connectivity index (χ1) is 8.72. The van der Waals surface area contributed by atoms with Crippen LogP contribution in [0.2, 0.25) is 0 Å². The largest absolute Gasteiger partial charge is 0.294 e. The Morgan fingerprint density at radius 3 is 2.61 bits per heavy atom. The third-order valence-electron chi connectivity index (χ3n) is 3.60. The molecule has 1 aliphatic rings. The number of halogens is 1. The van der Waals surface area contributed by atoms with Crippen LogP contribution in [0.5, 0.6) is 0 Å². The molecule has 2 aromatic rings. The number of carbonyl (C=O) groups is 1. The maximum atomic E-state index is 12.1. The third kappa shape index (κ3) is 2.64. The number of hydrogen-bond acceptors (Lipinski definition) is 1. The highest BCUT2D eigenvalue weighted by Crippen LogP contribution is 2.34. The van der Waals surface area contributed by atoms with Crippen LogP contribution in [0.4, 0.5) is 0 Å². The molecular formula is C16H15BrO. The van der Waals surface area contributed by atoms with E-state index in [9.17, 15) is 4.79 Å². The number of Topliss-reactive ketones (excluding diaryl/α,β-unsaturated/α-hetero) is 1. The molecular weight excluding hydrogens is 288 g/mol. The lowest BCUT2D eigenvalue weighted by molar-refractivity contribution is 0.0978. The van der Waals surface area contributed by atoms with Gasteiger partial charge in [-0.3, -0.25) is 4.79 Å². The van der Waals surface area contributed by atoms with Gasteiger partial charge in [-0.05, 0) is 41.3 Å². The van der Waals surface area contributed by atoms with Gasteiger partial charge in [-0.1, -0.05) is 47.0 Å². The summed E-state index contributed by atoms with van der Waals surface area (Å²) in [5, 5.41) is 2.30. The summed E-state index contributed by atoms with van der Waals surface area (Å²) in [5.41, 5.74) is 0.852. The predicted octanol–water partition coefficient (Wildman–Crippen LogP) is 4.98. The SMILES string of the molecule is O=C(CCC1CC1)c1ccc2cc(Br)ccc2c1. The number of carbonyl (C=O) groups excluding carboxylic acids is 1. The summed E-state index contributed by atoms with van der Waals surface area (Å²) >= 11 is 3.46. The minimum Gasteiger partial charge on any atom is -0.294 e. The van der Waals surface area contributed by atoms with Gasteiger partial charge in [0.1, 0.15) is 0 Å². The van der Waals surface area contributed by atoms with E-state index < -0.39 is 0 Å². The molecule has 3 rings (SSSR count). The van der Waals surface area contributed by atoms with E-state index in [-0.39, 0.29) is 5.78 Å². The quantitative estimate of drug-likeness (QED) is 0.728. The molecule has 0 N–H and O–H groups in total. The molecule has 1 saturated carbocycles. The van der Waals surface area contributed by atoms with Crippen LogP contribution in [-0.4, -0.2) is 5.78 Å². The molecule has 1 nitrogen and oxygen atoms in total. The van der Waals surface area contributed by atoms with Crippen LogP contribution in [0.1, 0.15) is 36.0 Å². The van der Waals surface area contributed by atoms with Crippen molar-refractivity contribution in [1.82, 2.24) is 0 Å². The van der Waals surface area contributed by atoms with Crippen molar-refractivity contribution in [2.24, 2.45) is 5.92 Å². The average molecular weight is 303 g/mol. The van der Waals surface area contributed by atoms with Crippen molar-refractivity contribution in [2.75, 3.05) is 0 Å². The Morgan fingerprint density at radius 2 is 1.83 bits per heavy atom. The fraction of sp³-hybridized carbons (Fsp3) is 0.312. The summed E-state index contributed by atoms with van der Waals surface area (Å²) in [6.45, 7) is 0. The molecule has 0 saturated heterocycles. The minimum absolute atomic E-state index is 0.284. The summed E-state index contributed by atoms with van der Waals surface area (Å²) in [6, 6.07) is 12.1. The molecule has 2 aromatic carbocycles. The average Bonchev–Trinajstić information content (AvgIpc) is 3.19. The summed E-state index contributed by atoms with van der Waals surface area (Å²) in [5.74, 6) is 1.11. The Morgan fingerprint density at radius 1 is 1.11 bits per heavy atom. The molecule has 0 unspecified atom stereocenters. The van der Waals surface area contributed by atoms with E-state index >= 15 is 0 Å². The van der Waals surface area contributed by atoms with Gasteiger partial charge in [-0.2, -0.15) is 0 Å². The Bertz CT molecular complexity index is 599. The molecule has 0 radical (unpaired) electrons. The summed E-state index contributed by atoms with van der Waals surface area (Å²) in [7, 11) is 0. The lowest BCUT2D eigenvalue weighted by Gasteiger charge is -2.03. The van der Waals surface area contributed by atoms with Gasteiger partial charge in [0.25, 0.3) is 0 Å². The highest BCUT2D eigenvalue weighted by atomic mass is 79.9. The van der Waals surface area contributed by atoms with Crippen LogP contribution in [0.3, 0.4) is 0 Å². The molecule has 0 bridgehead atoms. The third-order valence-corrected chi connectivity index (χ3v) is 4.09. The zero-order valence-electron chi connectivity index (χ0n) is 10.2. The van der Waals surface area contributed by atoms with Crippen molar-refractivity contribution < 1.29 is 4.79 Å². The molecule has 18 heavy (non-hydrogen) atoms. The molecule has 0 spiro atoms. The Hall–Kier alpha value is -1.15. The first-order valence-electron chi connectivity index (χ1n) is 6.45. The van der Waals surface area contributed by atoms with Gasteiger partial charge >= 0.3 is 0 Å². The van der Waals surface area contributed by atoms with Crippen molar-refractivity contribution >= 4 is 32.5 Å². The fourth-order valence-corrected chi connectivity index (χ4v) is 2.65. The minimum atomic E-state index is 0.284.